The molecule has 0 bridgehead atoms. The highest BCUT2D eigenvalue weighted by Crippen LogP contribution is 2.56. The highest BCUT2D eigenvalue weighted by Gasteiger charge is 2.75. The molecule has 38 heavy (non-hydrogen) atoms. The van der Waals surface area contributed by atoms with Crippen molar-refractivity contribution in [1.82, 2.24) is 0 Å². The van der Waals surface area contributed by atoms with Gasteiger partial charge in [-0.25, -0.2) is 8.42 Å². The predicted octanol–water partition coefficient (Wildman–Crippen LogP) is 4.32. The van der Waals surface area contributed by atoms with Crippen LogP contribution in [0.5, 0.6) is 0 Å². The standard InChI is InChI=1S/C29H30O8S/c1-20-14-16-25(17-15-20)38(32,33)29(28(37-29)26(36-22(3)31)19-34-21(2)30)27(24-12-8-5-9-13-24)35-18-23-10-6-4-7-11-23/h4-17,26-28H,18-19H2,1-3H3/t26-,27+,28+,29+/m1/s1. The summed E-state index contributed by atoms with van der Waals surface area (Å²) in [5.41, 5.74) is 2.29. The van der Waals surface area contributed by atoms with E-state index in [4.69, 9.17) is 18.9 Å². The lowest BCUT2D eigenvalue weighted by molar-refractivity contribution is -0.157. The van der Waals surface area contributed by atoms with E-state index in [0.717, 1.165) is 11.1 Å². The minimum atomic E-state index is -4.24. The molecule has 0 radical (unpaired) electrons. The van der Waals surface area contributed by atoms with Crippen molar-refractivity contribution in [2.45, 2.75) is 55.5 Å². The molecule has 8 nitrogen and oxygen atoms in total. The largest absolute Gasteiger partial charge is 0.462 e. The molecule has 0 aromatic heterocycles. The molecular weight excluding hydrogens is 508 g/mol. The van der Waals surface area contributed by atoms with Gasteiger partial charge in [0.25, 0.3) is 0 Å². The van der Waals surface area contributed by atoms with Gasteiger partial charge in [-0.2, -0.15) is 0 Å². The van der Waals surface area contributed by atoms with Crippen LogP contribution in [-0.2, 0) is 45.0 Å². The first-order valence-corrected chi connectivity index (χ1v) is 13.6. The van der Waals surface area contributed by atoms with Crippen LogP contribution in [0.4, 0.5) is 0 Å². The van der Waals surface area contributed by atoms with Gasteiger partial charge >= 0.3 is 11.9 Å². The first-order chi connectivity index (χ1) is 18.1. The van der Waals surface area contributed by atoms with Crippen LogP contribution in [0.1, 0.15) is 36.6 Å². The minimum Gasteiger partial charge on any atom is -0.462 e. The van der Waals surface area contributed by atoms with Gasteiger partial charge in [0.15, 0.2) is 6.10 Å². The predicted molar refractivity (Wildman–Crippen MR) is 139 cm³/mol. The fraction of sp³-hybridized carbons (Fsp3) is 0.310. The number of hydrogen-bond acceptors (Lipinski definition) is 8. The molecule has 1 aliphatic heterocycles. The third-order valence-electron chi connectivity index (χ3n) is 6.23. The number of rotatable bonds is 11. The second-order valence-corrected chi connectivity index (χ2v) is 11.2. The van der Waals surface area contributed by atoms with Gasteiger partial charge in [-0.05, 0) is 30.2 Å². The Hall–Kier alpha value is -3.53. The molecule has 4 atom stereocenters. The molecule has 1 aliphatic rings. The topological polar surface area (TPSA) is 108 Å². The van der Waals surface area contributed by atoms with Gasteiger partial charge in [-0.3, -0.25) is 9.59 Å². The second-order valence-electron chi connectivity index (χ2n) is 9.11. The Kier molecular flexibility index (Phi) is 8.30. The average molecular weight is 539 g/mol. The van der Waals surface area contributed by atoms with Gasteiger partial charge in [0.05, 0.1) is 11.5 Å². The lowest BCUT2D eigenvalue weighted by atomic mass is 10.0. The molecule has 0 N–H and O–H groups in total. The number of ether oxygens (including phenoxy) is 4. The average Bonchev–Trinajstić information content (AvgIpc) is 3.65. The van der Waals surface area contributed by atoms with Crippen LogP contribution in [-0.4, -0.2) is 44.1 Å². The van der Waals surface area contributed by atoms with E-state index < -0.39 is 45.0 Å². The number of carbonyl (C=O) groups is 2. The number of aryl methyl sites for hydroxylation is 1. The van der Waals surface area contributed by atoms with Crippen LogP contribution >= 0.6 is 0 Å². The van der Waals surface area contributed by atoms with E-state index in [9.17, 15) is 18.0 Å². The van der Waals surface area contributed by atoms with Gasteiger partial charge < -0.3 is 18.9 Å². The number of hydrogen-bond donors (Lipinski definition) is 0. The van der Waals surface area contributed by atoms with Crippen molar-refractivity contribution in [2.75, 3.05) is 6.61 Å². The third-order valence-corrected chi connectivity index (χ3v) is 8.51. The zero-order valence-electron chi connectivity index (χ0n) is 21.4. The number of benzene rings is 3. The maximum Gasteiger partial charge on any atom is 0.303 e. The zero-order valence-corrected chi connectivity index (χ0v) is 22.2. The van der Waals surface area contributed by atoms with E-state index in [-0.39, 0.29) is 18.1 Å². The molecule has 1 fully saturated rings. The molecule has 1 saturated heterocycles. The van der Waals surface area contributed by atoms with Crippen LogP contribution in [0.25, 0.3) is 0 Å². The number of sulfone groups is 1. The SMILES string of the molecule is CC(=O)OC[C@@H](OC(C)=O)[C@@H]1O[C@@]1([C@@H](OCc1ccccc1)c1ccccc1)S(=O)(=O)c1ccc(C)cc1. The van der Waals surface area contributed by atoms with Crippen molar-refractivity contribution in [1.29, 1.82) is 0 Å². The Balaban J connectivity index is 1.82. The fourth-order valence-electron chi connectivity index (χ4n) is 4.39. The summed E-state index contributed by atoms with van der Waals surface area (Å²) in [6, 6.07) is 24.6. The Morgan fingerprint density at radius 1 is 0.895 bits per heavy atom. The summed E-state index contributed by atoms with van der Waals surface area (Å²) >= 11 is 0. The highest BCUT2D eigenvalue weighted by molar-refractivity contribution is 7.93. The van der Waals surface area contributed by atoms with Crippen LogP contribution in [0.2, 0.25) is 0 Å². The first-order valence-electron chi connectivity index (χ1n) is 12.2. The molecule has 200 valence electrons. The van der Waals surface area contributed by atoms with Crippen molar-refractivity contribution in [2.24, 2.45) is 0 Å². The van der Waals surface area contributed by atoms with Crippen molar-refractivity contribution in [3.63, 3.8) is 0 Å². The molecule has 4 rings (SSSR count). The number of carbonyl (C=O) groups excluding carboxylic acids is 2. The molecule has 9 heteroatoms. The van der Waals surface area contributed by atoms with E-state index in [1.54, 1.807) is 36.4 Å². The van der Waals surface area contributed by atoms with Crippen molar-refractivity contribution >= 4 is 21.8 Å². The third kappa shape index (κ3) is 5.80. The smallest absolute Gasteiger partial charge is 0.303 e. The highest BCUT2D eigenvalue weighted by atomic mass is 32.2. The van der Waals surface area contributed by atoms with Gasteiger partial charge in [0.1, 0.15) is 18.8 Å². The fourth-order valence-corrected chi connectivity index (χ4v) is 6.43. The molecule has 0 amide bonds. The van der Waals surface area contributed by atoms with E-state index in [1.807, 2.05) is 43.3 Å². The Morgan fingerprint density at radius 2 is 1.50 bits per heavy atom. The second kappa shape index (κ2) is 11.5. The molecule has 0 unspecified atom stereocenters. The lowest BCUT2D eigenvalue weighted by Gasteiger charge is -2.27. The van der Waals surface area contributed by atoms with Crippen LogP contribution in [0, 0.1) is 6.92 Å². The van der Waals surface area contributed by atoms with E-state index in [1.165, 1.54) is 26.0 Å². The van der Waals surface area contributed by atoms with Crippen LogP contribution in [0.15, 0.2) is 89.8 Å². The monoisotopic (exact) mass is 538 g/mol. The van der Waals surface area contributed by atoms with Crippen molar-refractivity contribution in [3.05, 3.63) is 102 Å². The van der Waals surface area contributed by atoms with Crippen LogP contribution in [0.3, 0.4) is 0 Å². The van der Waals surface area contributed by atoms with Crippen molar-refractivity contribution in [3.8, 4) is 0 Å². The summed E-state index contributed by atoms with van der Waals surface area (Å²) in [5.74, 6) is -1.27. The van der Waals surface area contributed by atoms with Gasteiger partial charge in [-0.1, -0.05) is 78.4 Å². The summed E-state index contributed by atoms with van der Waals surface area (Å²) in [4.78, 5) is 21.6. The lowest BCUT2D eigenvalue weighted by Crippen LogP contribution is -2.42. The normalized spacial score (nSPS) is 20.2. The molecule has 0 spiro atoms. The van der Waals surface area contributed by atoms with E-state index in [2.05, 4.69) is 0 Å². The number of esters is 2. The minimum absolute atomic E-state index is 0.0314. The molecular formula is C29H30O8S. The van der Waals surface area contributed by atoms with Gasteiger partial charge in [0.2, 0.25) is 14.8 Å². The van der Waals surface area contributed by atoms with E-state index >= 15 is 0 Å². The van der Waals surface area contributed by atoms with Crippen molar-refractivity contribution < 1.29 is 37.0 Å². The summed E-state index contributed by atoms with van der Waals surface area (Å²) in [7, 11) is -4.24. The maximum atomic E-state index is 14.3. The Bertz CT molecular complexity index is 1360. The molecule has 0 aliphatic carbocycles. The Labute approximate surface area is 222 Å². The summed E-state index contributed by atoms with van der Waals surface area (Å²) in [6.07, 6.45) is -3.45. The van der Waals surface area contributed by atoms with Gasteiger partial charge in [0, 0.05) is 13.8 Å². The summed E-state index contributed by atoms with van der Waals surface area (Å²) in [6.45, 7) is 3.99. The van der Waals surface area contributed by atoms with Crippen LogP contribution < -0.4 is 0 Å². The summed E-state index contributed by atoms with van der Waals surface area (Å²) in [5, 5.41) is 0. The maximum absolute atomic E-state index is 14.3. The first kappa shape index (κ1) is 27.5. The quantitative estimate of drug-likeness (QED) is 0.262. The molecule has 0 saturated carbocycles. The Morgan fingerprint density at radius 3 is 2.08 bits per heavy atom. The van der Waals surface area contributed by atoms with E-state index in [0.29, 0.717) is 5.56 Å². The molecule has 3 aromatic carbocycles. The summed E-state index contributed by atoms with van der Waals surface area (Å²) < 4.78 is 51.6. The number of epoxide rings is 1. The van der Waals surface area contributed by atoms with Gasteiger partial charge in [-0.15, -0.1) is 0 Å². The molecule has 1 heterocycles. The zero-order chi connectivity index (χ0) is 27.3. The molecule has 3 aromatic rings.